The fourth-order valence-corrected chi connectivity index (χ4v) is 4.99. The van der Waals surface area contributed by atoms with Crippen molar-refractivity contribution in [1.29, 1.82) is 0 Å². The maximum absolute atomic E-state index is 13.3. The number of rotatable bonds is 9. The summed E-state index contributed by atoms with van der Waals surface area (Å²) < 4.78 is 0. The van der Waals surface area contributed by atoms with Crippen molar-refractivity contribution < 1.29 is 14.4 Å². The van der Waals surface area contributed by atoms with E-state index in [1.165, 1.54) is 29.2 Å². The molecule has 4 rings (SSSR count). The van der Waals surface area contributed by atoms with Gasteiger partial charge in [0.15, 0.2) is 5.13 Å². The number of nitrogens with one attached hydrogen (secondary N) is 3. The van der Waals surface area contributed by atoms with E-state index in [-0.39, 0.29) is 17.4 Å². The van der Waals surface area contributed by atoms with E-state index >= 15 is 0 Å². The van der Waals surface area contributed by atoms with Crippen molar-refractivity contribution in [2.75, 3.05) is 16.4 Å². The Morgan fingerprint density at radius 3 is 2.37 bits per heavy atom. The highest BCUT2D eigenvalue weighted by Crippen LogP contribution is 2.27. The van der Waals surface area contributed by atoms with Crippen LogP contribution in [0.4, 0.5) is 10.8 Å². The van der Waals surface area contributed by atoms with Gasteiger partial charge < -0.3 is 16.0 Å². The molecule has 38 heavy (non-hydrogen) atoms. The molecule has 0 fully saturated rings. The van der Waals surface area contributed by atoms with Crippen LogP contribution in [0.15, 0.2) is 95.0 Å². The number of thiazole rings is 1. The molecule has 0 saturated carbocycles. The third kappa shape index (κ3) is 7.69. The second-order valence-corrected chi connectivity index (χ2v) is 10.4. The average molecular weight is 584 g/mol. The van der Waals surface area contributed by atoms with Gasteiger partial charge in [-0.15, -0.1) is 23.1 Å². The van der Waals surface area contributed by atoms with Gasteiger partial charge >= 0.3 is 0 Å². The molecule has 3 N–H and O–H groups in total. The summed E-state index contributed by atoms with van der Waals surface area (Å²) in [6.07, 6.45) is 3.05. The molecular formula is C27H20Cl2N4O3S2. The molecule has 4 aromatic rings. The predicted molar refractivity (Wildman–Crippen MR) is 155 cm³/mol. The Morgan fingerprint density at radius 2 is 1.66 bits per heavy atom. The lowest BCUT2D eigenvalue weighted by molar-refractivity contribution is -0.114. The number of nitrogens with zero attached hydrogens (tertiary/aromatic N) is 1. The zero-order valence-electron chi connectivity index (χ0n) is 19.6. The van der Waals surface area contributed by atoms with Crippen LogP contribution in [-0.4, -0.2) is 28.5 Å². The molecule has 0 saturated heterocycles. The number of aromatic nitrogens is 1. The largest absolute Gasteiger partial charge is 0.321 e. The van der Waals surface area contributed by atoms with Crippen LogP contribution in [-0.2, 0) is 9.59 Å². The molecule has 11 heteroatoms. The van der Waals surface area contributed by atoms with Crippen LogP contribution in [0.25, 0.3) is 6.08 Å². The Bertz CT molecular complexity index is 1460. The minimum absolute atomic E-state index is 0.0465. The number of benzene rings is 3. The summed E-state index contributed by atoms with van der Waals surface area (Å²) in [6.45, 7) is 0. The summed E-state index contributed by atoms with van der Waals surface area (Å²) >= 11 is 15.3. The quantitative estimate of drug-likeness (QED) is 0.153. The lowest BCUT2D eigenvalue weighted by Crippen LogP contribution is -2.30. The van der Waals surface area contributed by atoms with Crippen LogP contribution >= 0.6 is 46.3 Å². The molecule has 3 aromatic carbocycles. The molecular weight excluding hydrogens is 563 g/mol. The third-order valence-electron chi connectivity index (χ3n) is 4.96. The first-order valence-corrected chi connectivity index (χ1v) is 13.8. The average Bonchev–Trinajstić information content (AvgIpc) is 3.42. The highest BCUT2D eigenvalue weighted by atomic mass is 35.5. The molecule has 7 nitrogen and oxygen atoms in total. The number of carbonyl (C=O) groups is 3. The normalized spacial score (nSPS) is 11.1. The van der Waals surface area contributed by atoms with Crippen molar-refractivity contribution in [2.45, 2.75) is 4.90 Å². The zero-order valence-corrected chi connectivity index (χ0v) is 22.8. The molecule has 192 valence electrons. The number of amides is 3. The molecule has 0 radical (unpaired) electrons. The maximum atomic E-state index is 13.3. The van der Waals surface area contributed by atoms with Crippen molar-refractivity contribution in [1.82, 2.24) is 10.3 Å². The SMILES string of the molecule is O=C(CSc1cccc(NC(=O)/C(=C\c2c(Cl)cccc2Cl)NC(=O)c2ccccc2)c1)Nc1nccs1. The van der Waals surface area contributed by atoms with E-state index in [2.05, 4.69) is 20.9 Å². The number of hydrogen-bond acceptors (Lipinski definition) is 6. The molecule has 0 aliphatic rings. The van der Waals surface area contributed by atoms with E-state index in [4.69, 9.17) is 23.2 Å². The van der Waals surface area contributed by atoms with Crippen LogP contribution in [0.2, 0.25) is 10.0 Å². The standard InChI is InChI=1S/C27H20Cl2N4O3S2/c28-21-10-5-11-22(29)20(21)15-23(32-25(35)17-6-2-1-3-7-17)26(36)31-18-8-4-9-19(14-18)38-16-24(34)33-27-30-12-13-37-27/h1-15H,16H2,(H,31,36)(H,32,35)(H,30,33,34)/b23-15+. The minimum Gasteiger partial charge on any atom is -0.321 e. The molecule has 0 unspecified atom stereocenters. The van der Waals surface area contributed by atoms with Crippen molar-refractivity contribution in [3.05, 3.63) is 111 Å². The van der Waals surface area contributed by atoms with Crippen LogP contribution in [0, 0.1) is 0 Å². The van der Waals surface area contributed by atoms with Gasteiger partial charge in [0.25, 0.3) is 11.8 Å². The lowest BCUT2D eigenvalue weighted by atomic mass is 10.1. The van der Waals surface area contributed by atoms with Gasteiger partial charge in [-0.1, -0.05) is 53.5 Å². The summed E-state index contributed by atoms with van der Waals surface area (Å²) in [6, 6.07) is 20.5. The summed E-state index contributed by atoms with van der Waals surface area (Å²) in [4.78, 5) is 43.1. The summed E-state index contributed by atoms with van der Waals surface area (Å²) in [5.74, 6) is -1.07. The lowest BCUT2D eigenvalue weighted by Gasteiger charge is -2.13. The van der Waals surface area contributed by atoms with E-state index in [0.717, 1.165) is 4.90 Å². The number of thioether (sulfide) groups is 1. The summed E-state index contributed by atoms with van der Waals surface area (Å²) in [5.41, 5.74) is 1.20. The monoisotopic (exact) mass is 582 g/mol. The van der Waals surface area contributed by atoms with Gasteiger partial charge in [0.05, 0.1) is 5.75 Å². The van der Waals surface area contributed by atoms with E-state index in [9.17, 15) is 14.4 Å². The molecule has 1 heterocycles. The Labute approximate surface area is 237 Å². The Kier molecular flexibility index (Phi) is 9.56. The van der Waals surface area contributed by atoms with Gasteiger partial charge in [0, 0.05) is 43.3 Å². The van der Waals surface area contributed by atoms with E-state index in [1.54, 1.807) is 78.3 Å². The second kappa shape index (κ2) is 13.3. The van der Waals surface area contributed by atoms with Crippen LogP contribution in [0.1, 0.15) is 15.9 Å². The molecule has 0 bridgehead atoms. The molecule has 0 atom stereocenters. The molecule has 0 spiro atoms. The zero-order chi connectivity index (χ0) is 26.9. The first-order chi connectivity index (χ1) is 18.4. The van der Waals surface area contributed by atoms with Crippen LogP contribution in [0.3, 0.4) is 0 Å². The highest BCUT2D eigenvalue weighted by molar-refractivity contribution is 8.00. The van der Waals surface area contributed by atoms with Gasteiger partial charge in [-0.25, -0.2) is 4.98 Å². The number of anilines is 2. The summed E-state index contributed by atoms with van der Waals surface area (Å²) in [7, 11) is 0. The first-order valence-electron chi connectivity index (χ1n) is 11.1. The van der Waals surface area contributed by atoms with Crippen molar-refractivity contribution >= 4 is 80.9 Å². The highest BCUT2D eigenvalue weighted by Gasteiger charge is 2.17. The number of hydrogen-bond donors (Lipinski definition) is 3. The van der Waals surface area contributed by atoms with Crippen molar-refractivity contribution in [3.8, 4) is 0 Å². The Balaban J connectivity index is 1.50. The van der Waals surface area contributed by atoms with Crippen LogP contribution < -0.4 is 16.0 Å². The Morgan fingerprint density at radius 1 is 0.921 bits per heavy atom. The van der Waals surface area contributed by atoms with Gasteiger partial charge in [0.2, 0.25) is 5.91 Å². The predicted octanol–water partition coefficient (Wildman–Crippen LogP) is 6.59. The molecule has 0 aliphatic heterocycles. The topological polar surface area (TPSA) is 100 Å². The van der Waals surface area contributed by atoms with Crippen LogP contribution in [0.5, 0.6) is 0 Å². The maximum Gasteiger partial charge on any atom is 0.272 e. The third-order valence-corrected chi connectivity index (χ3v) is 7.30. The van der Waals surface area contributed by atoms with Gasteiger partial charge in [-0.2, -0.15) is 0 Å². The number of carbonyl (C=O) groups excluding carboxylic acids is 3. The fraction of sp³-hybridized carbons (Fsp3) is 0.0370. The summed E-state index contributed by atoms with van der Waals surface area (Å²) in [5, 5.41) is 11.1. The van der Waals surface area contributed by atoms with E-state index in [1.807, 2.05) is 6.07 Å². The van der Waals surface area contributed by atoms with Crippen molar-refractivity contribution in [3.63, 3.8) is 0 Å². The Hall–Kier alpha value is -3.63. The first kappa shape index (κ1) is 27.4. The van der Waals surface area contributed by atoms with E-state index in [0.29, 0.717) is 32.0 Å². The fourth-order valence-electron chi connectivity index (χ4n) is 3.19. The minimum atomic E-state index is -0.575. The molecule has 1 aromatic heterocycles. The molecule has 3 amide bonds. The van der Waals surface area contributed by atoms with Gasteiger partial charge in [0.1, 0.15) is 5.70 Å². The number of halogens is 2. The smallest absolute Gasteiger partial charge is 0.272 e. The van der Waals surface area contributed by atoms with Gasteiger partial charge in [-0.05, 0) is 48.5 Å². The van der Waals surface area contributed by atoms with Crippen molar-refractivity contribution in [2.24, 2.45) is 0 Å². The second-order valence-electron chi connectivity index (χ2n) is 7.67. The molecule has 0 aliphatic carbocycles. The van der Waals surface area contributed by atoms with E-state index < -0.39 is 11.8 Å². The van der Waals surface area contributed by atoms with Gasteiger partial charge in [-0.3, -0.25) is 14.4 Å².